The average molecular weight is 369 g/mol. The van der Waals surface area contributed by atoms with Gasteiger partial charge in [0.1, 0.15) is 0 Å². The van der Waals surface area contributed by atoms with Crippen molar-refractivity contribution in [2.75, 3.05) is 18.0 Å². The molecular weight excluding hydrogens is 342 g/mol. The summed E-state index contributed by atoms with van der Waals surface area (Å²) in [5.74, 6) is 0.907. The maximum absolute atomic E-state index is 12.6. The van der Waals surface area contributed by atoms with Crippen molar-refractivity contribution in [3.8, 4) is 0 Å². The number of anilines is 1. The van der Waals surface area contributed by atoms with Gasteiger partial charge >= 0.3 is 6.03 Å². The van der Waals surface area contributed by atoms with Crippen LogP contribution in [0, 0.1) is 0 Å². The van der Waals surface area contributed by atoms with Gasteiger partial charge in [0.15, 0.2) is 5.82 Å². The first kappa shape index (κ1) is 17.8. The number of carbonyl (C=O) groups is 1. The number of hydrogen-bond donors (Lipinski definition) is 2. The highest BCUT2D eigenvalue weighted by atomic mass is 16.2. The minimum absolute atomic E-state index is 0.0583. The molecule has 8 heteroatoms. The van der Waals surface area contributed by atoms with Crippen LogP contribution in [0.5, 0.6) is 0 Å². The summed E-state index contributed by atoms with van der Waals surface area (Å²) in [6.45, 7) is 1.76. The molecule has 2 aromatic rings. The fraction of sp³-hybridized carbons (Fsp3) is 0.579. The number of carbonyl (C=O) groups excluding carboxylic acids is 1. The quantitative estimate of drug-likeness (QED) is 0.862. The summed E-state index contributed by atoms with van der Waals surface area (Å²) in [5.41, 5.74) is 0. The summed E-state index contributed by atoms with van der Waals surface area (Å²) >= 11 is 0. The zero-order valence-corrected chi connectivity index (χ0v) is 15.5. The van der Waals surface area contributed by atoms with Crippen LogP contribution in [0.1, 0.15) is 44.6 Å². The van der Waals surface area contributed by atoms with E-state index in [-0.39, 0.29) is 24.2 Å². The van der Waals surface area contributed by atoms with Crippen molar-refractivity contribution >= 4 is 11.8 Å². The van der Waals surface area contributed by atoms with Gasteiger partial charge in [0.05, 0.1) is 12.1 Å². The molecule has 0 bridgehead atoms. The summed E-state index contributed by atoms with van der Waals surface area (Å²) < 4.78 is 1.99. The van der Waals surface area contributed by atoms with Gasteiger partial charge in [-0.15, -0.1) is 5.10 Å². The van der Waals surface area contributed by atoms with E-state index in [1.54, 1.807) is 12.4 Å². The van der Waals surface area contributed by atoms with E-state index in [0.717, 1.165) is 51.0 Å². The number of rotatable bonds is 4. The van der Waals surface area contributed by atoms with E-state index < -0.39 is 0 Å². The normalized spacial score (nSPS) is 23.8. The molecule has 2 aromatic heterocycles. The smallest absolute Gasteiger partial charge is 0.315 e. The molecule has 2 fully saturated rings. The topological polar surface area (TPSA) is 88.0 Å². The Hall–Kier alpha value is -2.64. The molecule has 0 unspecified atom stereocenters. The van der Waals surface area contributed by atoms with Crippen molar-refractivity contribution in [1.29, 1.82) is 0 Å². The lowest BCUT2D eigenvalue weighted by Crippen LogP contribution is -2.52. The lowest BCUT2D eigenvalue weighted by molar-refractivity contribution is 0.209. The average Bonchev–Trinajstić information content (AvgIpc) is 3.24. The number of amides is 2. The van der Waals surface area contributed by atoms with Crippen LogP contribution in [0.2, 0.25) is 0 Å². The van der Waals surface area contributed by atoms with Crippen molar-refractivity contribution in [2.24, 2.45) is 0 Å². The Morgan fingerprint density at radius 3 is 2.63 bits per heavy atom. The van der Waals surface area contributed by atoms with Gasteiger partial charge in [-0.1, -0.05) is 12.8 Å². The van der Waals surface area contributed by atoms with Crippen molar-refractivity contribution in [3.05, 3.63) is 36.8 Å². The lowest BCUT2D eigenvalue weighted by atomic mass is 9.90. The second kappa shape index (κ2) is 8.37. The largest absolute Gasteiger partial charge is 0.355 e. The number of hydrogen-bond acceptors (Lipinski definition) is 5. The fourth-order valence-corrected chi connectivity index (χ4v) is 4.18. The standard InChI is InChI=1S/C19H27N7O/c27-19(23-16-5-1-2-6-17(16)26-12-4-11-21-26)22-15-8-13-25(14-9-15)18-7-3-10-20-24-18/h3-4,7,10-12,15-17H,1-2,5-6,8-9,13-14H2,(H2,22,23,27)/t16-,17-/m0/s1. The minimum Gasteiger partial charge on any atom is -0.355 e. The Kier molecular flexibility index (Phi) is 5.50. The zero-order valence-electron chi connectivity index (χ0n) is 15.5. The monoisotopic (exact) mass is 369 g/mol. The van der Waals surface area contributed by atoms with E-state index in [1.807, 2.05) is 29.1 Å². The van der Waals surface area contributed by atoms with E-state index in [1.165, 1.54) is 6.42 Å². The van der Waals surface area contributed by atoms with Crippen LogP contribution in [0.3, 0.4) is 0 Å². The summed E-state index contributed by atoms with van der Waals surface area (Å²) in [5, 5.41) is 18.8. The Bertz CT molecular complexity index is 713. The Morgan fingerprint density at radius 1 is 1.04 bits per heavy atom. The lowest BCUT2D eigenvalue weighted by Gasteiger charge is -2.35. The number of nitrogens with one attached hydrogen (secondary N) is 2. The summed E-state index contributed by atoms with van der Waals surface area (Å²) in [4.78, 5) is 14.8. The van der Waals surface area contributed by atoms with Gasteiger partial charge in [-0.2, -0.15) is 10.2 Å². The molecule has 2 amide bonds. The Balaban J connectivity index is 1.27. The SMILES string of the molecule is O=C(NC1CCN(c2cccnn2)CC1)N[C@H]1CCCC[C@@H]1n1cccn1. The molecule has 144 valence electrons. The molecular formula is C19H27N7O. The van der Waals surface area contributed by atoms with Crippen LogP contribution in [-0.2, 0) is 0 Å². The molecule has 1 aliphatic carbocycles. The molecule has 1 saturated heterocycles. The predicted molar refractivity (Wildman–Crippen MR) is 102 cm³/mol. The number of urea groups is 1. The molecule has 0 radical (unpaired) electrons. The molecule has 3 heterocycles. The van der Waals surface area contributed by atoms with E-state index >= 15 is 0 Å². The highest BCUT2D eigenvalue weighted by Crippen LogP contribution is 2.28. The molecule has 0 aromatic carbocycles. The molecule has 4 rings (SSSR count). The number of nitrogens with zero attached hydrogens (tertiary/aromatic N) is 5. The molecule has 8 nitrogen and oxygen atoms in total. The maximum Gasteiger partial charge on any atom is 0.315 e. The van der Waals surface area contributed by atoms with E-state index in [2.05, 4.69) is 30.8 Å². The fourth-order valence-electron chi connectivity index (χ4n) is 4.18. The van der Waals surface area contributed by atoms with Crippen LogP contribution in [0.25, 0.3) is 0 Å². The third kappa shape index (κ3) is 4.37. The van der Waals surface area contributed by atoms with Crippen molar-refractivity contribution < 1.29 is 4.79 Å². The van der Waals surface area contributed by atoms with Crippen LogP contribution in [0.4, 0.5) is 10.6 Å². The van der Waals surface area contributed by atoms with Gasteiger partial charge in [0.2, 0.25) is 0 Å². The first-order valence-electron chi connectivity index (χ1n) is 9.88. The van der Waals surface area contributed by atoms with Gasteiger partial charge < -0.3 is 15.5 Å². The summed E-state index contributed by atoms with van der Waals surface area (Å²) in [6.07, 6.45) is 11.7. The van der Waals surface area contributed by atoms with Gasteiger partial charge in [-0.25, -0.2) is 4.79 Å². The van der Waals surface area contributed by atoms with E-state index in [0.29, 0.717) is 0 Å². The second-order valence-electron chi connectivity index (χ2n) is 7.41. The minimum atomic E-state index is -0.0583. The number of piperidine rings is 1. The van der Waals surface area contributed by atoms with E-state index in [9.17, 15) is 4.79 Å². The van der Waals surface area contributed by atoms with Gasteiger partial charge in [0.25, 0.3) is 0 Å². The van der Waals surface area contributed by atoms with Crippen molar-refractivity contribution in [1.82, 2.24) is 30.6 Å². The molecule has 1 saturated carbocycles. The number of aromatic nitrogens is 4. The van der Waals surface area contributed by atoms with Crippen LogP contribution >= 0.6 is 0 Å². The van der Waals surface area contributed by atoms with Crippen LogP contribution < -0.4 is 15.5 Å². The molecule has 2 aliphatic rings. The summed E-state index contributed by atoms with van der Waals surface area (Å²) in [6, 6.07) is 6.35. The van der Waals surface area contributed by atoms with Gasteiger partial charge in [-0.05, 0) is 43.9 Å². The zero-order chi connectivity index (χ0) is 18.5. The Morgan fingerprint density at radius 2 is 1.89 bits per heavy atom. The highest BCUT2D eigenvalue weighted by Gasteiger charge is 2.29. The predicted octanol–water partition coefficient (Wildman–Crippen LogP) is 2.12. The molecule has 0 spiro atoms. The first-order valence-corrected chi connectivity index (χ1v) is 9.88. The molecule has 2 atom stereocenters. The molecule has 1 aliphatic heterocycles. The molecule has 2 N–H and O–H groups in total. The van der Waals surface area contributed by atoms with Gasteiger partial charge in [-0.3, -0.25) is 4.68 Å². The highest BCUT2D eigenvalue weighted by molar-refractivity contribution is 5.74. The van der Waals surface area contributed by atoms with E-state index in [4.69, 9.17) is 0 Å². The third-order valence-electron chi connectivity index (χ3n) is 5.62. The maximum atomic E-state index is 12.6. The third-order valence-corrected chi connectivity index (χ3v) is 5.62. The second-order valence-corrected chi connectivity index (χ2v) is 7.41. The van der Waals surface area contributed by atoms with Crippen molar-refractivity contribution in [2.45, 2.75) is 56.7 Å². The van der Waals surface area contributed by atoms with Gasteiger partial charge in [0, 0.05) is 37.7 Å². The molecule has 27 heavy (non-hydrogen) atoms. The summed E-state index contributed by atoms with van der Waals surface area (Å²) in [7, 11) is 0. The first-order chi connectivity index (χ1) is 13.3. The van der Waals surface area contributed by atoms with Crippen LogP contribution in [-0.4, -0.2) is 51.2 Å². The van der Waals surface area contributed by atoms with Crippen LogP contribution in [0.15, 0.2) is 36.8 Å². The Labute approximate surface area is 159 Å². The van der Waals surface area contributed by atoms with Crippen molar-refractivity contribution in [3.63, 3.8) is 0 Å².